The fourth-order valence-corrected chi connectivity index (χ4v) is 1.67. The molecule has 5 nitrogen and oxygen atoms in total. The SMILES string of the molecule is CC(C)(C)OCCOCC(O)COc1ccccc1CN. The first-order valence-electron chi connectivity index (χ1n) is 7.23. The van der Waals surface area contributed by atoms with Gasteiger partial charge in [-0.1, -0.05) is 18.2 Å². The van der Waals surface area contributed by atoms with Gasteiger partial charge in [0.1, 0.15) is 18.5 Å². The van der Waals surface area contributed by atoms with E-state index in [0.29, 0.717) is 25.5 Å². The minimum absolute atomic E-state index is 0.170. The summed E-state index contributed by atoms with van der Waals surface area (Å²) in [5.41, 5.74) is 6.38. The summed E-state index contributed by atoms with van der Waals surface area (Å²) in [6, 6.07) is 7.53. The molecule has 0 radical (unpaired) electrons. The van der Waals surface area contributed by atoms with E-state index in [2.05, 4.69) is 0 Å². The predicted octanol–water partition coefficient (Wildman–Crippen LogP) is 1.72. The minimum atomic E-state index is -0.675. The lowest BCUT2D eigenvalue weighted by molar-refractivity contribution is -0.0518. The Hall–Kier alpha value is -1.14. The van der Waals surface area contributed by atoms with Crippen molar-refractivity contribution in [3.05, 3.63) is 29.8 Å². The molecule has 1 unspecified atom stereocenters. The maximum Gasteiger partial charge on any atom is 0.123 e. The van der Waals surface area contributed by atoms with E-state index >= 15 is 0 Å². The number of aliphatic hydroxyl groups is 1. The van der Waals surface area contributed by atoms with Gasteiger partial charge in [-0.15, -0.1) is 0 Å². The molecule has 21 heavy (non-hydrogen) atoms. The van der Waals surface area contributed by atoms with Crippen molar-refractivity contribution in [2.75, 3.05) is 26.4 Å². The Morgan fingerprint density at radius 1 is 1.14 bits per heavy atom. The molecule has 5 heteroatoms. The Labute approximate surface area is 127 Å². The van der Waals surface area contributed by atoms with Crippen LogP contribution in [0, 0.1) is 0 Å². The second-order valence-corrected chi connectivity index (χ2v) is 5.81. The first kappa shape index (κ1) is 17.9. The second-order valence-electron chi connectivity index (χ2n) is 5.81. The summed E-state index contributed by atoms with van der Waals surface area (Å²) in [6.07, 6.45) is -0.675. The third-order valence-electron chi connectivity index (χ3n) is 2.70. The van der Waals surface area contributed by atoms with Crippen LogP contribution < -0.4 is 10.5 Å². The molecule has 1 atom stereocenters. The fourth-order valence-electron chi connectivity index (χ4n) is 1.67. The summed E-state index contributed by atoms with van der Waals surface area (Å²) in [6.45, 7) is 7.74. The molecule has 0 bridgehead atoms. The van der Waals surface area contributed by atoms with Crippen molar-refractivity contribution in [1.29, 1.82) is 0 Å². The second kappa shape index (κ2) is 9.00. The van der Waals surface area contributed by atoms with Crippen LogP contribution >= 0.6 is 0 Å². The summed E-state index contributed by atoms with van der Waals surface area (Å²) in [4.78, 5) is 0. The van der Waals surface area contributed by atoms with E-state index in [1.54, 1.807) is 0 Å². The quantitative estimate of drug-likeness (QED) is 0.679. The lowest BCUT2D eigenvalue weighted by atomic mass is 10.2. The summed E-state index contributed by atoms with van der Waals surface area (Å²) in [5, 5.41) is 9.81. The van der Waals surface area contributed by atoms with E-state index in [9.17, 15) is 5.11 Å². The van der Waals surface area contributed by atoms with Crippen LogP contribution in [0.25, 0.3) is 0 Å². The average Bonchev–Trinajstić information content (AvgIpc) is 2.43. The van der Waals surface area contributed by atoms with Crippen molar-refractivity contribution < 1.29 is 19.3 Å². The highest BCUT2D eigenvalue weighted by Gasteiger charge is 2.10. The largest absolute Gasteiger partial charge is 0.490 e. The van der Waals surface area contributed by atoms with Crippen LogP contribution in [-0.4, -0.2) is 43.2 Å². The summed E-state index contributed by atoms with van der Waals surface area (Å²) in [5.74, 6) is 0.704. The van der Waals surface area contributed by atoms with E-state index in [0.717, 1.165) is 5.56 Å². The molecule has 1 aromatic rings. The molecule has 0 aromatic heterocycles. The van der Waals surface area contributed by atoms with Gasteiger partial charge in [0, 0.05) is 12.1 Å². The first-order valence-corrected chi connectivity index (χ1v) is 7.23. The first-order chi connectivity index (χ1) is 9.92. The number of benzene rings is 1. The smallest absolute Gasteiger partial charge is 0.123 e. The molecule has 0 saturated carbocycles. The van der Waals surface area contributed by atoms with Gasteiger partial charge in [-0.3, -0.25) is 0 Å². The molecular formula is C16H27NO4. The highest BCUT2D eigenvalue weighted by molar-refractivity contribution is 5.32. The van der Waals surface area contributed by atoms with Gasteiger partial charge < -0.3 is 25.1 Å². The lowest BCUT2D eigenvalue weighted by Gasteiger charge is -2.20. The highest BCUT2D eigenvalue weighted by atomic mass is 16.5. The standard InChI is InChI=1S/C16H27NO4/c1-16(2,3)21-9-8-19-11-14(18)12-20-15-7-5-4-6-13(15)10-17/h4-7,14,18H,8-12,17H2,1-3H3. The van der Waals surface area contributed by atoms with Crippen LogP contribution in [0.15, 0.2) is 24.3 Å². The van der Waals surface area contributed by atoms with Crippen LogP contribution in [0.5, 0.6) is 5.75 Å². The van der Waals surface area contributed by atoms with Gasteiger partial charge in [0.15, 0.2) is 0 Å². The number of hydrogen-bond acceptors (Lipinski definition) is 5. The normalized spacial score (nSPS) is 13.2. The molecule has 0 aliphatic rings. The molecule has 0 amide bonds. The fraction of sp³-hybridized carbons (Fsp3) is 0.625. The van der Waals surface area contributed by atoms with Crippen LogP contribution in [0.3, 0.4) is 0 Å². The van der Waals surface area contributed by atoms with Crippen molar-refractivity contribution in [3.8, 4) is 5.75 Å². The highest BCUT2D eigenvalue weighted by Crippen LogP contribution is 2.17. The summed E-state index contributed by atoms with van der Waals surface area (Å²) < 4.78 is 16.4. The van der Waals surface area contributed by atoms with Gasteiger partial charge in [0.05, 0.1) is 25.4 Å². The Morgan fingerprint density at radius 3 is 2.52 bits per heavy atom. The third kappa shape index (κ3) is 8.02. The molecule has 0 aliphatic heterocycles. The van der Waals surface area contributed by atoms with Gasteiger partial charge in [0.25, 0.3) is 0 Å². The maximum atomic E-state index is 9.81. The molecule has 1 rings (SSSR count). The maximum absolute atomic E-state index is 9.81. The van der Waals surface area contributed by atoms with Gasteiger partial charge >= 0.3 is 0 Å². The molecule has 1 aromatic carbocycles. The lowest BCUT2D eigenvalue weighted by Crippen LogP contribution is -2.26. The van der Waals surface area contributed by atoms with Crippen molar-refractivity contribution in [2.45, 2.75) is 39.0 Å². The minimum Gasteiger partial charge on any atom is -0.490 e. The number of aliphatic hydroxyl groups excluding tert-OH is 1. The van der Waals surface area contributed by atoms with Crippen molar-refractivity contribution in [2.24, 2.45) is 5.73 Å². The van der Waals surface area contributed by atoms with E-state index in [-0.39, 0.29) is 18.8 Å². The number of para-hydroxylation sites is 1. The van der Waals surface area contributed by atoms with E-state index in [1.807, 2.05) is 45.0 Å². The molecule has 3 N–H and O–H groups in total. The van der Waals surface area contributed by atoms with Crippen molar-refractivity contribution >= 4 is 0 Å². The summed E-state index contributed by atoms with van der Waals surface area (Å²) >= 11 is 0. The topological polar surface area (TPSA) is 73.9 Å². The number of hydrogen-bond donors (Lipinski definition) is 2. The zero-order valence-electron chi connectivity index (χ0n) is 13.2. The van der Waals surface area contributed by atoms with Gasteiger partial charge in [-0.25, -0.2) is 0 Å². The molecule has 0 aliphatic carbocycles. The number of rotatable bonds is 9. The van der Waals surface area contributed by atoms with Crippen LogP contribution in [0.4, 0.5) is 0 Å². The Bertz CT molecular complexity index is 404. The van der Waals surface area contributed by atoms with Gasteiger partial charge in [0.2, 0.25) is 0 Å². The van der Waals surface area contributed by atoms with Gasteiger partial charge in [-0.05, 0) is 26.8 Å². The Morgan fingerprint density at radius 2 is 1.86 bits per heavy atom. The van der Waals surface area contributed by atoms with Crippen LogP contribution in [0.1, 0.15) is 26.3 Å². The van der Waals surface area contributed by atoms with Crippen molar-refractivity contribution in [1.82, 2.24) is 0 Å². The molecule has 0 spiro atoms. The predicted molar refractivity (Wildman–Crippen MR) is 82.4 cm³/mol. The zero-order chi connectivity index (χ0) is 15.7. The van der Waals surface area contributed by atoms with Crippen LogP contribution in [0.2, 0.25) is 0 Å². The monoisotopic (exact) mass is 297 g/mol. The van der Waals surface area contributed by atoms with E-state index < -0.39 is 6.10 Å². The number of nitrogens with two attached hydrogens (primary N) is 1. The molecular weight excluding hydrogens is 270 g/mol. The van der Waals surface area contributed by atoms with Gasteiger partial charge in [-0.2, -0.15) is 0 Å². The van der Waals surface area contributed by atoms with Crippen molar-refractivity contribution in [3.63, 3.8) is 0 Å². The molecule has 0 saturated heterocycles. The molecule has 0 heterocycles. The Balaban J connectivity index is 2.18. The average molecular weight is 297 g/mol. The van der Waals surface area contributed by atoms with Crippen LogP contribution in [-0.2, 0) is 16.0 Å². The van der Waals surface area contributed by atoms with E-state index in [1.165, 1.54) is 0 Å². The number of ether oxygens (including phenoxy) is 3. The third-order valence-corrected chi connectivity index (χ3v) is 2.70. The summed E-state index contributed by atoms with van der Waals surface area (Å²) in [7, 11) is 0. The van der Waals surface area contributed by atoms with E-state index in [4.69, 9.17) is 19.9 Å². The zero-order valence-corrected chi connectivity index (χ0v) is 13.2. The molecule has 120 valence electrons. The molecule has 0 fully saturated rings. The Kier molecular flexibility index (Phi) is 7.67.